The van der Waals surface area contributed by atoms with Crippen molar-refractivity contribution < 1.29 is 28.9 Å². The largest absolute Gasteiger partial charge is 0.374 e. The minimum atomic E-state index is -2.19. The lowest BCUT2D eigenvalue weighted by molar-refractivity contribution is -0.267. The first-order valence-corrected chi connectivity index (χ1v) is 7.94. The van der Waals surface area contributed by atoms with Crippen LogP contribution in [0.5, 0.6) is 0 Å². The van der Waals surface area contributed by atoms with Gasteiger partial charge in [-0.2, -0.15) is 0 Å². The van der Waals surface area contributed by atoms with E-state index in [-0.39, 0.29) is 12.0 Å². The highest BCUT2D eigenvalue weighted by Crippen LogP contribution is 2.72. The number of ether oxygens (including phenoxy) is 3. The normalized spacial score (nSPS) is 57.4. The highest BCUT2D eigenvalue weighted by molar-refractivity contribution is 6.22. The first kappa shape index (κ1) is 15.4. The Balaban J connectivity index is 2.11. The summed E-state index contributed by atoms with van der Waals surface area (Å²) in [5, 5.41) is 11.4. The van der Waals surface area contributed by atoms with E-state index in [1.807, 2.05) is 13.8 Å². The molecule has 0 spiro atoms. The van der Waals surface area contributed by atoms with Crippen LogP contribution in [0.4, 0.5) is 0 Å². The third kappa shape index (κ3) is 1.17. The zero-order valence-electron chi connectivity index (χ0n) is 14.2. The molecule has 23 heavy (non-hydrogen) atoms. The van der Waals surface area contributed by atoms with Crippen molar-refractivity contribution in [3.63, 3.8) is 0 Å². The number of Topliss-reactive ketones (excluding diaryl/α,β-unsaturated/α-hetero) is 2. The summed E-state index contributed by atoms with van der Waals surface area (Å²) in [6.07, 6.45) is -1.09. The van der Waals surface area contributed by atoms with Gasteiger partial charge in [-0.15, -0.1) is 0 Å². The van der Waals surface area contributed by atoms with Crippen molar-refractivity contribution in [3.05, 3.63) is 11.1 Å². The number of hydrogen-bond donors (Lipinski definition) is 1. The number of methoxy groups -OCH3 is 1. The van der Waals surface area contributed by atoms with Crippen LogP contribution in [0, 0.1) is 11.3 Å². The molecule has 4 rings (SSSR count). The number of carbonyl (C=O) groups excluding carboxylic acids is 2. The van der Waals surface area contributed by atoms with E-state index in [4.69, 9.17) is 14.2 Å². The zero-order valence-corrected chi connectivity index (χ0v) is 14.2. The standard InChI is InChI=1S/C17H22O6/c1-7-8(2)17(21-6)15(5)10(9(3)22-17)14(4)13(23-14)12(19)16(15,20)11(7)18/h9-10,13,20H,1-6H3/t9-,10+,13+,14-,15+,16?,17-/m1/s1. The first-order valence-electron chi connectivity index (χ1n) is 7.94. The van der Waals surface area contributed by atoms with Gasteiger partial charge in [-0.1, -0.05) is 0 Å². The van der Waals surface area contributed by atoms with Gasteiger partial charge in [-0.25, -0.2) is 0 Å². The molecule has 2 heterocycles. The predicted octanol–water partition coefficient (Wildman–Crippen LogP) is 0.761. The van der Waals surface area contributed by atoms with Crippen LogP contribution in [-0.2, 0) is 23.8 Å². The van der Waals surface area contributed by atoms with Crippen molar-refractivity contribution in [2.24, 2.45) is 11.3 Å². The quantitative estimate of drug-likeness (QED) is 0.567. The van der Waals surface area contributed by atoms with Gasteiger partial charge in [-0.3, -0.25) is 9.59 Å². The van der Waals surface area contributed by atoms with Gasteiger partial charge in [-0.05, 0) is 45.8 Å². The molecule has 0 bridgehead atoms. The van der Waals surface area contributed by atoms with Crippen LogP contribution in [0.2, 0.25) is 0 Å². The van der Waals surface area contributed by atoms with E-state index in [9.17, 15) is 14.7 Å². The van der Waals surface area contributed by atoms with Crippen molar-refractivity contribution in [1.29, 1.82) is 0 Å². The molecule has 3 fully saturated rings. The van der Waals surface area contributed by atoms with E-state index < -0.39 is 40.1 Å². The summed E-state index contributed by atoms with van der Waals surface area (Å²) in [6.45, 7) is 8.82. The Kier molecular flexibility index (Phi) is 2.53. The van der Waals surface area contributed by atoms with Gasteiger partial charge >= 0.3 is 0 Å². The number of aliphatic hydroxyl groups is 1. The number of epoxide rings is 1. The van der Waals surface area contributed by atoms with E-state index >= 15 is 0 Å². The molecule has 1 unspecified atom stereocenters. The second kappa shape index (κ2) is 3.77. The van der Waals surface area contributed by atoms with Crippen molar-refractivity contribution in [3.8, 4) is 0 Å². The number of ketones is 2. The summed E-state index contributed by atoms with van der Waals surface area (Å²) in [5.41, 5.74) is -3.24. The Morgan fingerprint density at radius 3 is 2.35 bits per heavy atom. The molecule has 0 amide bonds. The van der Waals surface area contributed by atoms with Crippen LogP contribution in [0.1, 0.15) is 34.6 Å². The van der Waals surface area contributed by atoms with Crippen molar-refractivity contribution in [1.82, 2.24) is 0 Å². The maximum absolute atomic E-state index is 13.0. The van der Waals surface area contributed by atoms with E-state index in [0.717, 1.165) is 0 Å². The lowest BCUT2D eigenvalue weighted by Gasteiger charge is -2.56. The van der Waals surface area contributed by atoms with Gasteiger partial charge in [0.2, 0.25) is 11.6 Å². The fourth-order valence-corrected chi connectivity index (χ4v) is 5.77. The molecule has 1 saturated carbocycles. The summed E-state index contributed by atoms with van der Waals surface area (Å²) in [4.78, 5) is 25.9. The third-order valence-electron chi connectivity index (χ3n) is 6.94. The number of fused-ring (bicyclic) bond motifs is 2. The number of hydrogen-bond acceptors (Lipinski definition) is 6. The molecule has 0 aromatic carbocycles. The molecule has 0 radical (unpaired) electrons. The van der Waals surface area contributed by atoms with Gasteiger partial charge in [0, 0.05) is 13.0 Å². The molecule has 7 atom stereocenters. The van der Waals surface area contributed by atoms with Gasteiger partial charge in [0.25, 0.3) is 0 Å². The van der Waals surface area contributed by atoms with E-state index in [0.29, 0.717) is 11.1 Å². The van der Waals surface area contributed by atoms with Crippen LogP contribution >= 0.6 is 0 Å². The van der Waals surface area contributed by atoms with Crippen molar-refractivity contribution >= 4 is 11.6 Å². The number of carbonyl (C=O) groups is 2. The second-order valence-corrected chi connectivity index (χ2v) is 7.66. The Morgan fingerprint density at radius 1 is 1.17 bits per heavy atom. The smallest absolute Gasteiger partial charge is 0.204 e. The summed E-state index contributed by atoms with van der Waals surface area (Å²) in [5.74, 6) is -2.79. The summed E-state index contributed by atoms with van der Waals surface area (Å²) >= 11 is 0. The third-order valence-corrected chi connectivity index (χ3v) is 6.94. The average molecular weight is 322 g/mol. The zero-order chi connectivity index (χ0) is 17.2. The molecule has 6 heteroatoms. The van der Waals surface area contributed by atoms with Gasteiger partial charge < -0.3 is 19.3 Å². The highest BCUT2D eigenvalue weighted by atomic mass is 16.7. The van der Waals surface area contributed by atoms with Crippen LogP contribution < -0.4 is 0 Å². The average Bonchev–Trinajstić information content (AvgIpc) is 3.11. The maximum Gasteiger partial charge on any atom is 0.204 e. The molecule has 1 N–H and O–H groups in total. The van der Waals surface area contributed by atoms with Crippen LogP contribution in [0.15, 0.2) is 11.1 Å². The SMILES string of the molecule is CO[C@@]12O[C@H](C)[C@H]3[C@@]4(C)O[C@H]4C(=O)C(O)(C(=O)C(C)=C1C)[C@]32C. The summed E-state index contributed by atoms with van der Waals surface area (Å²) < 4.78 is 17.7. The predicted molar refractivity (Wildman–Crippen MR) is 78.5 cm³/mol. The molecule has 2 saturated heterocycles. The van der Waals surface area contributed by atoms with Crippen molar-refractivity contribution in [2.75, 3.05) is 7.11 Å². The molecule has 0 aromatic rings. The molecule has 6 nitrogen and oxygen atoms in total. The first-order chi connectivity index (χ1) is 10.5. The topological polar surface area (TPSA) is 85.4 Å². The highest BCUT2D eigenvalue weighted by Gasteiger charge is 2.89. The molecule has 2 aliphatic heterocycles. The molecule has 4 aliphatic rings. The monoisotopic (exact) mass is 322 g/mol. The van der Waals surface area contributed by atoms with Gasteiger partial charge in [0.05, 0.1) is 11.5 Å². The van der Waals surface area contributed by atoms with Crippen LogP contribution in [0.25, 0.3) is 0 Å². The fraction of sp³-hybridized carbons (Fsp3) is 0.765. The van der Waals surface area contributed by atoms with Crippen LogP contribution in [-0.4, -0.2) is 53.0 Å². The Hall–Kier alpha value is -1.08. The molecule has 2 aliphatic carbocycles. The van der Waals surface area contributed by atoms with Gasteiger partial charge in [0.1, 0.15) is 11.7 Å². The summed E-state index contributed by atoms with van der Waals surface area (Å²) in [7, 11) is 1.49. The Bertz CT molecular complexity index is 697. The lowest BCUT2D eigenvalue weighted by atomic mass is 9.47. The molecule has 126 valence electrons. The molecular formula is C17H22O6. The molecular weight excluding hydrogens is 300 g/mol. The Morgan fingerprint density at radius 2 is 1.78 bits per heavy atom. The van der Waals surface area contributed by atoms with Crippen molar-refractivity contribution in [2.45, 2.75) is 63.8 Å². The summed E-state index contributed by atoms with van der Waals surface area (Å²) in [6, 6.07) is 0. The fourth-order valence-electron chi connectivity index (χ4n) is 5.77. The van der Waals surface area contributed by atoms with Crippen LogP contribution in [0.3, 0.4) is 0 Å². The number of rotatable bonds is 1. The Labute approximate surface area is 134 Å². The van der Waals surface area contributed by atoms with E-state index in [1.165, 1.54) is 7.11 Å². The van der Waals surface area contributed by atoms with E-state index in [2.05, 4.69) is 0 Å². The molecule has 0 aromatic heterocycles. The second-order valence-electron chi connectivity index (χ2n) is 7.66. The minimum Gasteiger partial charge on any atom is -0.374 e. The maximum atomic E-state index is 13.0. The lowest BCUT2D eigenvalue weighted by Crippen LogP contribution is -2.76. The van der Waals surface area contributed by atoms with Gasteiger partial charge in [0.15, 0.2) is 11.4 Å². The van der Waals surface area contributed by atoms with E-state index in [1.54, 1.807) is 20.8 Å². The minimum absolute atomic E-state index is 0.317.